The molecule has 0 saturated carbocycles. The maximum atomic E-state index is 5.07. The molecule has 0 aromatic carbocycles. The number of nitrogens with one attached hydrogen (secondary N) is 2. The SMILES string of the molecule is CCNC(=NCc1nc(C)no1)NC(C)Cc1ccc(C)s1. The second kappa shape index (κ2) is 7.93. The number of aliphatic imine (C=N–C) groups is 1. The number of aromatic nitrogens is 2. The lowest BCUT2D eigenvalue weighted by molar-refractivity contribution is 0.376. The molecule has 2 N–H and O–H groups in total. The maximum absolute atomic E-state index is 5.07. The van der Waals surface area contributed by atoms with E-state index in [1.807, 2.05) is 18.3 Å². The minimum atomic E-state index is 0.292. The van der Waals surface area contributed by atoms with Gasteiger partial charge in [-0.1, -0.05) is 5.16 Å². The van der Waals surface area contributed by atoms with Crippen molar-refractivity contribution >= 4 is 17.3 Å². The minimum absolute atomic E-state index is 0.292. The molecule has 7 heteroatoms. The van der Waals surface area contributed by atoms with Crippen molar-refractivity contribution in [1.29, 1.82) is 0 Å². The molecule has 1 unspecified atom stereocenters. The van der Waals surface area contributed by atoms with E-state index >= 15 is 0 Å². The Balaban J connectivity index is 1.92. The summed E-state index contributed by atoms with van der Waals surface area (Å²) in [5.41, 5.74) is 0. The van der Waals surface area contributed by atoms with Crippen LogP contribution in [0.3, 0.4) is 0 Å². The molecule has 22 heavy (non-hydrogen) atoms. The molecule has 0 fully saturated rings. The van der Waals surface area contributed by atoms with Crippen LogP contribution in [-0.2, 0) is 13.0 Å². The normalized spacial score (nSPS) is 13.2. The van der Waals surface area contributed by atoms with E-state index in [0.29, 0.717) is 24.3 Å². The van der Waals surface area contributed by atoms with Gasteiger partial charge in [-0.15, -0.1) is 11.3 Å². The van der Waals surface area contributed by atoms with Crippen LogP contribution >= 0.6 is 11.3 Å². The molecule has 0 radical (unpaired) electrons. The molecule has 120 valence electrons. The third-order valence-electron chi connectivity index (χ3n) is 2.97. The number of thiophene rings is 1. The summed E-state index contributed by atoms with van der Waals surface area (Å²) in [6, 6.07) is 4.63. The zero-order valence-corrected chi connectivity index (χ0v) is 14.3. The second-order valence-electron chi connectivity index (χ2n) is 5.19. The number of rotatable bonds is 6. The third kappa shape index (κ3) is 5.14. The predicted octanol–water partition coefficient (Wildman–Crippen LogP) is 2.43. The van der Waals surface area contributed by atoms with E-state index in [1.54, 1.807) is 6.92 Å². The first kappa shape index (κ1) is 16.5. The monoisotopic (exact) mass is 321 g/mol. The van der Waals surface area contributed by atoms with Crippen molar-refractivity contribution in [3.63, 3.8) is 0 Å². The van der Waals surface area contributed by atoms with Crippen LogP contribution in [0, 0.1) is 13.8 Å². The van der Waals surface area contributed by atoms with E-state index in [1.165, 1.54) is 9.75 Å². The molecular weight excluding hydrogens is 298 g/mol. The molecule has 0 saturated heterocycles. The van der Waals surface area contributed by atoms with Crippen LogP contribution in [0.5, 0.6) is 0 Å². The van der Waals surface area contributed by atoms with Crippen LogP contribution in [0.25, 0.3) is 0 Å². The molecule has 2 heterocycles. The van der Waals surface area contributed by atoms with Gasteiger partial charge in [-0.3, -0.25) is 0 Å². The van der Waals surface area contributed by atoms with Crippen LogP contribution < -0.4 is 10.6 Å². The van der Waals surface area contributed by atoms with Gasteiger partial charge in [-0.25, -0.2) is 4.99 Å². The molecular formula is C15H23N5OS. The van der Waals surface area contributed by atoms with Crippen molar-refractivity contribution in [2.75, 3.05) is 6.54 Å². The zero-order valence-electron chi connectivity index (χ0n) is 13.5. The van der Waals surface area contributed by atoms with Gasteiger partial charge in [0.1, 0.15) is 6.54 Å². The third-order valence-corrected chi connectivity index (χ3v) is 4.00. The molecule has 2 aromatic rings. The molecule has 0 amide bonds. The van der Waals surface area contributed by atoms with E-state index < -0.39 is 0 Å². The average molecular weight is 321 g/mol. The summed E-state index contributed by atoms with van der Waals surface area (Å²) in [6.07, 6.45) is 0.975. The Morgan fingerprint density at radius 3 is 2.82 bits per heavy atom. The first-order valence-electron chi connectivity index (χ1n) is 7.46. The Labute approximate surface area is 135 Å². The van der Waals surface area contributed by atoms with Crippen molar-refractivity contribution in [2.24, 2.45) is 4.99 Å². The number of guanidine groups is 1. The van der Waals surface area contributed by atoms with Gasteiger partial charge in [0, 0.05) is 28.8 Å². The quantitative estimate of drug-likeness (QED) is 0.631. The highest BCUT2D eigenvalue weighted by Gasteiger charge is 2.08. The smallest absolute Gasteiger partial charge is 0.248 e. The van der Waals surface area contributed by atoms with Crippen LogP contribution in [0.4, 0.5) is 0 Å². The molecule has 0 spiro atoms. The van der Waals surface area contributed by atoms with Crippen LogP contribution in [0.1, 0.15) is 35.3 Å². The van der Waals surface area contributed by atoms with Crippen molar-refractivity contribution in [3.8, 4) is 0 Å². The van der Waals surface area contributed by atoms with Crippen LogP contribution in [-0.4, -0.2) is 28.7 Å². The van der Waals surface area contributed by atoms with Crippen molar-refractivity contribution in [2.45, 2.75) is 46.7 Å². The van der Waals surface area contributed by atoms with E-state index in [4.69, 9.17) is 4.52 Å². The summed E-state index contributed by atoms with van der Waals surface area (Å²) in [7, 11) is 0. The number of aryl methyl sites for hydroxylation is 2. The average Bonchev–Trinajstić information content (AvgIpc) is 3.05. The Kier molecular flexibility index (Phi) is 5.94. The predicted molar refractivity (Wildman–Crippen MR) is 89.2 cm³/mol. The van der Waals surface area contributed by atoms with Gasteiger partial charge in [0.15, 0.2) is 11.8 Å². The molecule has 6 nitrogen and oxygen atoms in total. The van der Waals surface area contributed by atoms with Gasteiger partial charge in [0.2, 0.25) is 5.89 Å². The summed E-state index contributed by atoms with van der Waals surface area (Å²) in [6.45, 7) is 9.30. The highest BCUT2D eigenvalue weighted by atomic mass is 32.1. The van der Waals surface area contributed by atoms with E-state index in [2.05, 4.69) is 51.7 Å². The standard InChI is InChI=1S/C15H23N5OS/c1-5-16-15(17-9-14-19-12(4)20-21-14)18-10(2)8-13-7-6-11(3)22-13/h6-7,10H,5,8-9H2,1-4H3,(H2,16,17,18). The number of hydrogen-bond donors (Lipinski definition) is 2. The van der Waals surface area contributed by atoms with Crippen LogP contribution in [0.15, 0.2) is 21.6 Å². The fourth-order valence-electron chi connectivity index (χ4n) is 2.05. The van der Waals surface area contributed by atoms with Gasteiger partial charge in [0.05, 0.1) is 0 Å². The summed E-state index contributed by atoms with van der Waals surface area (Å²) >= 11 is 1.84. The molecule has 0 bridgehead atoms. The molecule has 2 aromatic heterocycles. The Morgan fingerprint density at radius 2 is 2.23 bits per heavy atom. The Bertz CT molecular complexity index is 619. The fourth-order valence-corrected chi connectivity index (χ4v) is 3.07. The molecule has 1 atom stereocenters. The topological polar surface area (TPSA) is 75.3 Å². The van der Waals surface area contributed by atoms with Gasteiger partial charge in [0.25, 0.3) is 0 Å². The number of nitrogens with zero attached hydrogens (tertiary/aromatic N) is 3. The lowest BCUT2D eigenvalue weighted by Gasteiger charge is -2.17. The van der Waals surface area contributed by atoms with Gasteiger partial charge < -0.3 is 15.2 Å². The molecule has 0 aliphatic heterocycles. The largest absolute Gasteiger partial charge is 0.357 e. The number of hydrogen-bond acceptors (Lipinski definition) is 5. The fraction of sp³-hybridized carbons (Fsp3) is 0.533. The molecule has 0 aliphatic rings. The van der Waals surface area contributed by atoms with Crippen molar-refractivity contribution in [3.05, 3.63) is 33.6 Å². The molecule has 0 aliphatic carbocycles. The van der Waals surface area contributed by atoms with Crippen molar-refractivity contribution < 1.29 is 4.52 Å². The maximum Gasteiger partial charge on any atom is 0.248 e. The second-order valence-corrected chi connectivity index (χ2v) is 6.56. The first-order valence-corrected chi connectivity index (χ1v) is 8.27. The van der Waals surface area contributed by atoms with Gasteiger partial charge >= 0.3 is 0 Å². The zero-order chi connectivity index (χ0) is 15.9. The van der Waals surface area contributed by atoms with Crippen LogP contribution in [0.2, 0.25) is 0 Å². The van der Waals surface area contributed by atoms with Crippen molar-refractivity contribution in [1.82, 2.24) is 20.8 Å². The minimum Gasteiger partial charge on any atom is -0.357 e. The Morgan fingerprint density at radius 1 is 1.41 bits per heavy atom. The summed E-state index contributed by atoms with van der Waals surface area (Å²) in [5.74, 6) is 1.92. The highest BCUT2D eigenvalue weighted by molar-refractivity contribution is 7.11. The van der Waals surface area contributed by atoms with E-state index in [9.17, 15) is 0 Å². The summed E-state index contributed by atoms with van der Waals surface area (Å²) in [4.78, 5) is 11.4. The summed E-state index contributed by atoms with van der Waals surface area (Å²) < 4.78 is 5.07. The first-order chi connectivity index (χ1) is 10.6. The van der Waals surface area contributed by atoms with E-state index in [0.717, 1.165) is 18.9 Å². The highest BCUT2D eigenvalue weighted by Crippen LogP contribution is 2.16. The lowest BCUT2D eigenvalue weighted by atomic mass is 10.2. The summed E-state index contributed by atoms with van der Waals surface area (Å²) in [5, 5.41) is 10.4. The Hall–Kier alpha value is -1.89. The lowest BCUT2D eigenvalue weighted by Crippen LogP contribution is -2.43. The molecule has 2 rings (SSSR count). The van der Waals surface area contributed by atoms with E-state index in [-0.39, 0.29) is 0 Å². The van der Waals surface area contributed by atoms with Gasteiger partial charge in [-0.2, -0.15) is 4.98 Å². The van der Waals surface area contributed by atoms with Gasteiger partial charge in [-0.05, 0) is 39.8 Å².